The molecule has 0 atom stereocenters. The van der Waals surface area contributed by atoms with Crippen LogP contribution in [0.15, 0.2) is 58.5 Å². The third kappa shape index (κ3) is 4.46. The van der Waals surface area contributed by atoms with Crippen molar-refractivity contribution in [1.82, 2.24) is 15.6 Å². The molecule has 142 valence electrons. The summed E-state index contributed by atoms with van der Waals surface area (Å²) >= 11 is 0. The van der Waals surface area contributed by atoms with Crippen LogP contribution in [0.3, 0.4) is 0 Å². The van der Waals surface area contributed by atoms with Crippen molar-refractivity contribution >= 4 is 18.0 Å². The van der Waals surface area contributed by atoms with Crippen molar-refractivity contribution in [2.24, 2.45) is 10.8 Å². The molecule has 2 amide bonds. The van der Waals surface area contributed by atoms with Crippen molar-refractivity contribution in [2.45, 2.75) is 6.61 Å². The number of benzene rings is 1. The SMILES string of the molecule is NC(=O)c1c(COc2cccc(/C=N/NC(=O)c3ccncc3)c2)no[n+]1[O-]. The fourth-order valence-corrected chi connectivity index (χ4v) is 2.17. The number of nitrogens with zero attached hydrogens (tertiary/aromatic N) is 4. The van der Waals surface area contributed by atoms with Crippen LogP contribution in [0, 0.1) is 5.21 Å². The third-order valence-electron chi connectivity index (χ3n) is 3.47. The van der Waals surface area contributed by atoms with Crippen LogP contribution in [0.25, 0.3) is 0 Å². The summed E-state index contributed by atoms with van der Waals surface area (Å²) in [4.78, 5) is 26.9. The van der Waals surface area contributed by atoms with Crippen LogP contribution in [-0.4, -0.2) is 28.2 Å². The number of nitrogens with one attached hydrogen (secondary N) is 1. The summed E-state index contributed by atoms with van der Waals surface area (Å²) in [6.45, 7) is -0.198. The fourth-order valence-electron chi connectivity index (χ4n) is 2.17. The number of rotatable bonds is 7. The lowest BCUT2D eigenvalue weighted by molar-refractivity contribution is -0.803. The van der Waals surface area contributed by atoms with E-state index in [2.05, 4.69) is 25.3 Å². The van der Waals surface area contributed by atoms with Gasteiger partial charge in [-0.05, 0) is 34.7 Å². The van der Waals surface area contributed by atoms with E-state index in [0.717, 1.165) is 0 Å². The first-order valence-corrected chi connectivity index (χ1v) is 7.89. The van der Waals surface area contributed by atoms with Crippen LogP contribution in [-0.2, 0) is 6.61 Å². The number of aromatic nitrogens is 3. The van der Waals surface area contributed by atoms with Gasteiger partial charge >= 0.3 is 0 Å². The van der Waals surface area contributed by atoms with Gasteiger partial charge in [0.2, 0.25) is 0 Å². The van der Waals surface area contributed by atoms with Gasteiger partial charge in [-0.1, -0.05) is 12.1 Å². The van der Waals surface area contributed by atoms with Crippen LogP contribution in [0.5, 0.6) is 5.75 Å². The van der Waals surface area contributed by atoms with E-state index in [4.69, 9.17) is 10.5 Å². The van der Waals surface area contributed by atoms with E-state index < -0.39 is 11.6 Å². The minimum atomic E-state index is -0.972. The maximum atomic E-state index is 11.9. The number of hydrazone groups is 1. The summed E-state index contributed by atoms with van der Waals surface area (Å²) in [6, 6.07) is 9.86. The topological polar surface area (TPSA) is 160 Å². The van der Waals surface area contributed by atoms with Gasteiger partial charge < -0.3 is 15.7 Å². The highest BCUT2D eigenvalue weighted by Gasteiger charge is 2.24. The van der Waals surface area contributed by atoms with E-state index in [1.807, 2.05) is 0 Å². The summed E-state index contributed by atoms with van der Waals surface area (Å²) in [5.41, 5.74) is 8.13. The number of hydrogen-bond acceptors (Lipinski definition) is 8. The van der Waals surface area contributed by atoms with Crippen LogP contribution >= 0.6 is 0 Å². The zero-order valence-corrected chi connectivity index (χ0v) is 14.3. The first-order valence-electron chi connectivity index (χ1n) is 7.89. The Labute approximate surface area is 158 Å². The smallest absolute Gasteiger partial charge is 0.297 e. The lowest BCUT2D eigenvalue weighted by atomic mass is 10.2. The van der Waals surface area contributed by atoms with E-state index in [1.165, 1.54) is 18.6 Å². The van der Waals surface area contributed by atoms with Crippen LogP contribution in [0.1, 0.15) is 32.1 Å². The fraction of sp³-hybridized carbons (Fsp3) is 0.0588. The summed E-state index contributed by atoms with van der Waals surface area (Å²) in [5, 5.41) is 18.6. The van der Waals surface area contributed by atoms with Gasteiger partial charge in [-0.25, -0.2) is 5.43 Å². The maximum absolute atomic E-state index is 11.9. The number of ether oxygens (including phenoxy) is 1. The largest absolute Gasteiger partial charge is 0.485 e. The quantitative estimate of drug-likeness (QED) is 0.334. The monoisotopic (exact) mass is 382 g/mol. The molecule has 2 heterocycles. The van der Waals surface area contributed by atoms with Crippen molar-refractivity contribution < 1.29 is 23.9 Å². The molecule has 0 fully saturated rings. The lowest BCUT2D eigenvalue weighted by Crippen LogP contribution is -2.35. The Morgan fingerprint density at radius 1 is 1.32 bits per heavy atom. The second-order valence-corrected chi connectivity index (χ2v) is 5.39. The van der Waals surface area contributed by atoms with Crippen LogP contribution < -0.4 is 20.8 Å². The second-order valence-electron chi connectivity index (χ2n) is 5.39. The number of carbonyl (C=O) groups is 2. The number of carbonyl (C=O) groups excluding carboxylic acids is 2. The maximum Gasteiger partial charge on any atom is 0.297 e. The molecule has 1 aromatic carbocycles. The van der Waals surface area contributed by atoms with Gasteiger partial charge in [-0.3, -0.25) is 19.2 Å². The Morgan fingerprint density at radius 3 is 2.86 bits per heavy atom. The van der Waals surface area contributed by atoms with E-state index in [1.54, 1.807) is 36.4 Å². The molecular weight excluding hydrogens is 368 g/mol. The third-order valence-corrected chi connectivity index (χ3v) is 3.47. The van der Waals surface area contributed by atoms with Gasteiger partial charge in [0.15, 0.2) is 6.61 Å². The zero-order chi connectivity index (χ0) is 19.9. The summed E-state index contributed by atoms with van der Waals surface area (Å²) < 4.78 is 9.84. The minimum Gasteiger partial charge on any atom is -0.485 e. The number of primary amides is 1. The highest BCUT2D eigenvalue weighted by molar-refractivity contribution is 5.94. The molecule has 0 saturated heterocycles. The van der Waals surface area contributed by atoms with Crippen molar-refractivity contribution in [2.75, 3.05) is 0 Å². The molecule has 0 aliphatic rings. The van der Waals surface area contributed by atoms with E-state index in [9.17, 15) is 14.8 Å². The van der Waals surface area contributed by atoms with Crippen molar-refractivity contribution in [3.63, 3.8) is 0 Å². The number of amides is 2. The molecule has 11 nitrogen and oxygen atoms in total. The Morgan fingerprint density at radius 2 is 2.11 bits per heavy atom. The molecule has 3 rings (SSSR count). The first kappa shape index (κ1) is 18.5. The van der Waals surface area contributed by atoms with Gasteiger partial charge in [0, 0.05) is 23.1 Å². The number of pyridine rings is 1. The van der Waals surface area contributed by atoms with Gasteiger partial charge in [-0.2, -0.15) is 5.10 Å². The molecule has 0 aliphatic carbocycles. The highest BCUT2D eigenvalue weighted by Crippen LogP contribution is 2.14. The molecule has 0 aliphatic heterocycles. The van der Waals surface area contributed by atoms with Crippen LogP contribution in [0.4, 0.5) is 0 Å². The molecule has 11 heteroatoms. The number of nitrogens with two attached hydrogens (primary N) is 1. The normalized spacial score (nSPS) is 10.7. The molecule has 2 aromatic heterocycles. The standard InChI is InChI=1S/C17H14N6O5/c18-16(24)15-14(22-28-23(15)26)10-27-13-3-1-2-11(8-13)9-20-21-17(25)12-4-6-19-7-5-12/h1-9H,10H2,(H2,18,24)(H,21,25)/b20-9+. The molecule has 28 heavy (non-hydrogen) atoms. The van der Waals surface area contributed by atoms with Crippen molar-refractivity contribution in [1.29, 1.82) is 0 Å². The average Bonchev–Trinajstić information content (AvgIpc) is 3.08. The molecule has 0 spiro atoms. The molecule has 0 bridgehead atoms. The Kier molecular flexibility index (Phi) is 5.55. The Balaban J connectivity index is 1.61. The Hall–Kier alpha value is -4.28. The van der Waals surface area contributed by atoms with Gasteiger partial charge in [0.25, 0.3) is 23.2 Å². The molecule has 3 N–H and O–H groups in total. The van der Waals surface area contributed by atoms with Gasteiger partial charge in [0.1, 0.15) is 5.75 Å². The van der Waals surface area contributed by atoms with E-state index >= 15 is 0 Å². The predicted molar refractivity (Wildman–Crippen MR) is 94.1 cm³/mol. The predicted octanol–water partition coefficient (Wildman–Crippen LogP) is 0.145. The summed E-state index contributed by atoms with van der Waals surface area (Å²) in [7, 11) is 0. The second kappa shape index (κ2) is 8.40. The molecule has 0 unspecified atom stereocenters. The molecule has 0 radical (unpaired) electrons. The Bertz CT molecular complexity index is 1020. The zero-order valence-electron chi connectivity index (χ0n) is 14.3. The molecular formula is C17H14N6O5. The molecule has 3 aromatic rings. The summed E-state index contributed by atoms with van der Waals surface area (Å²) in [6.07, 6.45) is 4.45. The lowest BCUT2D eigenvalue weighted by Gasteiger charge is -2.04. The highest BCUT2D eigenvalue weighted by atomic mass is 16.8. The van der Waals surface area contributed by atoms with Crippen LogP contribution in [0.2, 0.25) is 0 Å². The number of hydrogen-bond donors (Lipinski definition) is 2. The van der Waals surface area contributed by atoms with Gasteiger partial charge in [-0.15, -0.1) is 0 Å². The average molecular weight is 382 g/mol. The minimum absolute atomic E-state index is 0.0221. The first-order chi connectivity index (χ1) is 13.5. The molecule has 0 saturated carbocycles. The van der Waals surface area contributed by atoms with Crippen molar-refractivity contribution in [3.05, 3.63) is 76.5 Å². The summed E-state index contributed by atoms with van der Waals surface area (Å²) in [5.74, 6) is -0.928. The van der Waals surface area contributed by atoms with E-state index in [0.29, 0.717) is 16.9 Å². The van der Waals surface area contributed by atoms with Crippen molar-refractivity contribution in [3.8, 4) is 5.75 Å². The van der Waals surface area contributed by atoms with Gasteiger partial charge in [0.05, 0.1) is 6.21 Å². The van der Waals surface area contributed by atoms with E-state index in [-0.39, 0.29) is 23.1 Å².